The molecule has 0 saturated carbocycles. The number of amidine groups is 1. The van der Waals surface area contributed by atoms with Crippen molar-refractivity contribution in [3.05, 3.63) is 53.1 Å². The summed E-state index contributed by atoms with van der Waals surface area (Å²) in [6.45, 7) is 0. The van der Waals surface area contributed by atoms with Crippen molar-refractivity contribution in [2.45, 2.75) is 11.3 Å². The highest BCUT2D eigenvalue weighted by atomic mass is 32.2. The fourth-order valence-corrected chi connectivity index (χ4v) is 4.10. The number of hydrogen-bond acceptors (Lipinski definition) is 6. The molecule has 4 rings (SSSR count). The first-order valence-electron chi connectivity index (χ1n) is 8.03. The zero-order valence-electron chi connectivity index (χ0n) is 14.3. The smallest absolute Gasteiger partial charge is 0.237 e. The summed E-state index contributed by atoms with van der Waals surface area (Å²) in [5.41, 5.74) is 2.30. The lowest BCUT2D eigenvalue weighted by molar-refractivity contribution is -0.116. The predicted molar refractivity (Wildman–Crippen MR) is 102 cm³/mol. The Balaban J connectivity index is 1.68. The summed E-state index contributed by atoms with van der Waals surface area (Å²) in [7, 11) is 3.10. The van der Waals surface area contributed by atoms with Crippen LogP contribution in [0.1, 0.15) is 6.42 Å². The van der Waals surface area contributed by atoms with E-state index in [2.05, 4.69) is 5.32 Å². The van der Waals surface area contributed by atoms with E-state index in [1.807, 2.05) is 24.3 Å². The van der Waals surface area contributed by atoms with Gasteiger partial charge in [-0.1, -0.05) is 23.9 Å². The van der Waals surface area contributed by atoms with Crippen LogP contribution in [-0.4, -0.2) is 26.0 Å². The van der Waals surface area contributed by atoms with Crippen LogP contribution in [0.5, 0.6) is 11.5 Å². The Morgan fingerprint density at radius 2 is 1.88 bits per heavy atom. The molecule has 0 atom stereocenters. The van der Waals surface area contributed by atoms with Gasteiger partial charge < -0.3 is 14.8 Å². The Kier molecular flexibility index (Phi) is 4.08. The molecule has 132 valence electrons. The molecule has 0 bridgehead atoms. The SMILES string of the molecule is COc1ccc(N2C(=N)/C(=C3\Nc4ccccc4S3)CC2=O)cc1OC. The van der Waals surface area contributed by atoms with Gasteiger partial charge in [0.1, 0.15) is 5.84 Å². The van der Waals surface area contributed by atoms with Crippen LogP contribution >= 0.6 is 11.8 Å². The lowest BCUT2D eigenvalue weighted by Gasteiger charge is -2.18. The number of hydrogen-bond donors (Lipinski definition) is 2. The second-order valence-electron chi connectivity index (χ2n) is 5.82. The van der Waals surface area contributed by atoms with Crippen molar-refractivity contribution in [1.29, 1.82) is 5.41 Å². The molecule has 6 nitrogen and oxygen atoms in total. The number of thioether (sulfide) groups is 1. The van der Waals surface area contributed by atoms with Crippen LogP contribution < -0.4 is 19.7 Å². The number of methoxy groups -OCH3 is 2. The first-order valence-corrected chi connectivity index (χ1v) is 8.85. The van der Waals surface area contributed by atoms with Gasteiger partial charge in [-0.25, -0.2) is 0 Å². The molecule has 2 aliphatic rings. The van der Waals surface area contributed by atoms with Crippen molar-refractivity contribution in [3.8, 4) is 11.5 Å². The van der Waals surface area contributed by atoms with Crippen molar-refractivity contribution >= 4 is 34.9 Å². The summed E-state index contributed by atoms with van der Waals surface area (Å²) >= 11 is 1.55. The van der Waals surface area contributed by atoms with Crippen LogP contribution in [0.3, 0.4) is 0 Å². The third kappa shape index (κ3) is 2.61. The standard InChI is InChI=1S/C19H17N3O3S/c1-24-14-8-7-11(9-15(14)25-2)22-17(23)10-12(18(22)20)19-21-13-5-3-4-6-16(13)26-19/h3-9,20-21H,10H2,1-2H3/b19-12+,20-18?. The van der Waals surface area contributed by atoms with E-state index in [-0.39, 0.29) is 18.2 Å². The molecule has 1 saturated heterocycles. The van der Waals surface area contributed by atoms with E-state index >= 15 is 0 Å². The van der Waals surface area contributed by atoms with Gasteiger partial charge in [-0.2, -0.15) is 0 Å². The second kappa shape index (κ2) is 6.42. The summed E-state index contributed by atoms with van der Waals surface area (Å²) in [6, 6.07) is 13.1. The largest absolute Gasteiger partial charge is 0.493 e. The van der Waals surface area contributed by atoms with E-state index < -0.39 is 0 Å². The summed E-state index contributed by atoms with van der Waals surface area (Å²) in [5, 5.41) is 12.7. The summed E-state index contributed by atoms with van der Waals surface area (Å²) in [5.74, 6) is 1.15. The first kappa shape index (κ1) is 16.5. The minimum Gasteiger partial charge on any atom is -0.493 e. The van der Waals surface area contributed by atoms with E-state index in [1.54, 1.807) is 44.2 Å². The van der Waals surface area contributed by atoms with Crippen molar-refractivity contribution in [2.24, 2.45) is 0 Å². The Morgan fingerprint density at radius 3 is 2.62 bits per heavy atom. The minimum absolute atomic E-state index is 0.136. The maximum absolute atomic E-state index is 12.6. The number of anilines is 2. The molecule has 0 unspecified atom stereocenters. The maximum Gasteiger partial charge on any atom is 0.237 e. The molecule has 2 heterocycles. The fourth-order valence-electron chi connectivity index (χ4n) is 3.05. The molecule has 1 amide bonds. The molecule has 2 aromatic carbocycles. The number of ether oxygens (including phenoxy) is 2. The van der Waals surface area contributed by atoms with Crippen molar-refractivity contribution in [3.63, 3.8) is 0 Å². The molecule has 26 heavy (non-hydrogen) atoms. The number of fused-ring (bicyclic) bond motifs is 1. The molecular weight excluding hydrogens is 350 g/mol. The quantitative estimate of drug-likeness (QED) is 0.862. The average molecular weight is 367 g/mol. The molecule has 2 aromatic rings. The molecule has 2 N–H and O–H groups in total. The Hall–Kier alpha value is -2.93. The van der Waals surface area contributed by atoms with Crippen LogP contribution in [0.25, 0.3) is 0 Å². The number of rotatable bonds is 3. The third-order valence-electron chi connectivity index (χ3n) is 4.33. The first-order chi connectivity index (χ1) is 12.6. The van der Waals surface area contributed by atoms with Gasteiger partial charge >= 0.3 is 0 Å². The molecule has 7 heteroatoms. The number of amides is 1. The fraction of sp³-hybridized carbons (Fsp3) is 0.158. The Labute approximate surface area is 155 Å². The maximum atomic E-state index is 12.6. The van der Waals surface area contributed by atoms with Gasteiger partial charge in [0.05, 0.1) is 37.0 Å². The second-order valence-corrected chi connectivity index (χ2v) is 6.88. The number of benzene rings is 2. The number of para-hydroxylation sites is 1. The van der Waals surface area contributed by atoms with Gasteiger partial charge in [0, 0.05) is 16.5 Å². The van der Waals surface area contributed by atoms with Crippen molar-refractivity contribution in [2.75, 3.05) is 24.4 Å². The molecule has 1 fully saturated rings. The molecule has 0 spiro atoms. The van der Waals surface area contributed by atoms with Crippen molar-refractivity contribution in [1.82, 2.24) is 0 Å². The van der Waals surface area contributed by atoms with Gasteiger partial charge in [-0.05, 0) is 24.3 Å². The highest BCUT2D eigenvalue weighted by molar-refractivity contribution is 8.03. The summed E-state index contributed by atoms with van der Waals surface area (Å²) < 4.78 is 10.6. The molecule has 0 aromatic heterocycles. The van der Waals surface area contributed by atoms with Crippen LogP contribution in [-0.2, 0) is 4.79 Å². The van der Waals surface area contributed by atoms with Gasteiger partial charge in [-0.15, -0.1) is 0 Å². The Morgan fingerprint density at radius 1 is 1.12 bits per heavy atom. The highest BCUT2D eigenvalue weighted by Gasteiger charge is 2.36. The van der Waals surface area contributed by atoms with E-state index in [9.17, 15) is 4.79 Å². The van der Waals surface area contributed by atoms with Crippen molar-refractivity contribution < 1.29 is 14.3 Å². The molecule has 0 aliphatic carbocycles. The van der Waals surface area contributed by atoms with Crippen LogP contribution in [0.15, 0.2) is 58.0 Å². The van der Waals surface area contributed by atoms with E-state index in [1.165, 1.54) is 4.90 Å². The number of nitrogens with one attached hydrogen (secondary N) is 2. The lowest BCUT2D eigenvalue weighted by Crippen LogP contribution is -2.28. The van der Waals surface area contributed by atoms with Gasteiger partial charge in [0.15, 0.2) is 11.5 Å². The summed E-state index contributed by atoms with van der Waals surface area (Å²) in [4.78, 5) is 15.1. The normalized spacial score (nSPS) is 18.8. The predicted octanol–water partition coefficient (Wildman–Crippen LogP) is 3.85. The minimum atomic E-state index is -0.136. The Bertz CT molecular complexity index is 928. The summed E-state index contributed by atoms with van der Waals surface area (Å²) in [6.07, 6.45) is 0.191. The topological polar surface area (TPSA) is 74.7 Å². The molecule has 2 aliphatic heterocycles. The average Bonchev–Trinajstić information content (AvgIpc) is 3.21. The number of carbonyl (C=O) groups excluding carboxylic acids is 1. The zero-order chi connectivity index (χ0) is 18.3. The number of carbonyl (C=O) groups is 1. The van der Waals surface area contributed by atoms with E-state index in [0.29, 0.717) is 22.8 Å². The van der Waals surface area contributed by atoms with E-state index in [4.69, 9.17) is 14.9 Å². The van der Waals surface area contributed by atoms with Gasteiger partial charge in [0.2, 0.25) is 5.91 Å². The molecule has 0 radical (unpaired) electrons. The van der Waals surface area contributed by atoms with Gasteiger partial charge in [-0.3, -0.25) is 15.1 Å². The van der Waals surface area contributed by atoms with Crippen LogP contribution in [0.2, 0.25) is 0 Å². The lowest BCUT2D eigenvalue weighted by atomic mass is 10.2. The van der Waals surface area contributed by atoms with Gasteiger partial charge in [0.25, 0.3) is 0 Å². The highest BCUT2D eigenvalue weighted by Crippen LogP contribution is 2.44. The molecular formula is C19H17N3O3S. The third-order valence-corrected chi connectivity index (χ3v) is 5.46. The van der Waals surface area contributed by atoms with Crippen LogP contribution in [0, 0.1) is 5.41 Å². The zero-order valence-corrected chi connectivity index (χ0v) is 15.1. The number of nitrogens with zero attached hydrogens (tertiary/aromatic N) is 1. The van der Waals surface area contributed by atoms with Crippen LogP contribution in [0.4, 0.5) is 11.4 Å². The van der Waals surface area contributed by atoms with E-state index in [0.717, 1.165) is 15.6 Å². The monoisotopic (exact) mass is 367 g/mol.